The van der Waals surface area contributed by atoms with Crippen molar-refractivity contribution in [3.63, 3.8) is 0 Å². The summed E-state index contributed by atoms with van der Waals surface area (Å²) < 4.78 is 103. The SMILES string of the molecule is CC(C)c1cc2ccc(C(=O)OC(=O)c3ccc4cc(C(C)C)sc4c3OCc3ccc(OC(F)(F)F)cc3)c(OCc3ccc(OC(F)(F)F)cc3)c2s1. The van der Waals surface area contributed by atoms with Crippen LogP contribution in [0, 0.1) is 0 Å². The fourth-order valence-corrected chi connectivity index (χ4v) is 7.78. The zero-order chi connectivity index (χ0) is 39.7. The van der Waals surface area contributed by atoms with Gasteiger partial charge in [0.05, 0.1) is 9.40 Å². The fraction of sp³-hybridized carbons (Fsp3) is 0.250. The van der Waals surface area contributed by atoms with Gasteiger partial charge in [-0.05, 0) is 82.3 Å². The lowest BCUT2D eigenvalue weighted by atomic mass is 10.1. The molecule has 2 aromatic heterocycles. The molecule has 7 nitrogen and oxygen atoms in total. The minimum absolute atomic E-state index is 0.0574. The number of esters is 2. The molecule has 55 heavy (non-hydrogen) atoms. The molecule has 0 atom stereocenters. The topological polar surface area (TPSA) is 80.3 Å². The second-order valence-electron chi connectivity index (χ2n) is 13.0. The van der Waals surface area contributed by atoms with Crippen molar-refractivity contribution >= 4 is 54.8 Å². The highest BCUT2D eigenvalue weighted by Crippen LogP contribution is 2.42. The second-order valence-corrected chi connectivity index (χ2v) is 15.1. The average molecular weight is 803 g/mol. The van der Waals surface area contributed by atoms with Crippen LogP contribution in [0.5, 0.6) is 23.0 Å². The first-order valence-corrected chi connectivity index (χ1v) is 18.4. The summed E-state index contributed by atoms with van der Waals surface area (Å²) in [7, 11) is 0. The van der Waals surface area contributed by atoms with Crippen LogP contribution in [0.15, 0.2) is 84.9 Å². The van der Waals surface area contributed by atoms with E-state index in [4.69, 9.17) is 14.2 Å². The van der Waals surface area contributed by atoms with Crippen molar-refractivity contribution in [1.82, 2.24) is 0 Å². The summed E-state index contributed by atoms with van der Waals surface area (Å²) in [4.78, 5) is 29.7. The van der Waals surface area contributed by atoms with E-state index in [9.17, 15) is 35.9 Å². The Morgan fingerprint density at radius 2 is 0.927 bits per heavy atom. The molecule has 0 aliphatic carbocycles. The molecule has 0 saturated carbocycles. The molecule has 0 aliphatic rings. The van der Waals surface area contributed by atoms with Gasteiger partial charge in [0.2, 0.25) is 0 Å². The molecule has 0 fully saturated rings. The number of alkyl halides is 6. The normalized spacial score (nSPS) is 12.1. The van der Waals surface area contributed by atoms with E-state index in [-0.39, 0.29) is 47.7 Å². The number of hydrogen-bond donors (Lipinski definition) is 0. The van der Waals surface area contributed by atoms with Gasteiger partial charge in [-0.25, -0.2) is 9.59 Å². The van der Waals surface area contributed by atoms with Crippen molar-refractivity contribution in [2.45, 2.75) is 65.5 Å². The van der Waals surface area contributed by atoms with Crippen LogP contribution in [0.1, 0.15) is 81.1 Å². The molecule has 0 N–H and O–H groups in total. The van der Waals surface area contributed by atoms with E-state index >= 15 is 0 Å². The van der Waals surface area contributed by atoms with E-state index in [1.807, 2.05) is 39.8 Å². The first-order chi connectivity index (χ1) is 25.9. The Hall–Kier alpha value is -5.28. The van der Waals surface area contributed by atoms with Crippen LogP contribution in [0.25, 0.3) is 20.2 Å². The number of thiophene rings is 2. The Morgan fingerprint density at radius 3 is 1.25 bits per heavy atom. The molecule has 0 aliphatic heterocycles. The molecule has 0 saturated heterocycles. The van der Waals surface area contributed by atoms with E-state index in [1.54, 1.807) is 12.1 Å². The van der Waals surface area contributed by atoms with Crippen LogP contribution in [0.2, 0.25) is 0 Å². The van der Waals surface area contributed by atoms with Gasteiger partial charge in [-0.2, -0.15) is 0 Å². The number of carbonyl (C=O) groups excluding carboxylic acids is 2. The van der Waals surface area contributed by atoms with Gasteiger partial charge in [0.1, 0.15) is 35.8 Å². The number of rotatable bonds is 12. The average Bonchev–Trinajstić information content (AvgIpc) is 3.75. The van der Waals surface area contributed by atoms with Gasteiger partial charge < -0.3 is 23.7 Å². The second kappa shape index (κ2) is 15.8. The third-order valence-electron chi connectivity index (χ3n) is 8.16. The molecule has 0 radical (unpaired) electrons. The Labute approximate surface area is 319 Å². The highest BCUT2D eigenvalue weighted by atomic mass is 32.1. The maximum Gasteiger partial charge on any atom is 0.573 e. The fourth-order valence-electron chi connectivity index (χ4n) is 5.45. The van der Waals surface area contributed by atoms with Crippen LogP contribution >= 0.6 is 22.7 Å². The van der Waals surface area contributed by atoms with Crippen molar-refractivity contribution in [3.8, 4) is 23.0 Å². The Bertz CT molecular complexity index is 2160. The largest absolute Gasteiger partial charge is 0.573 e. The zero-order valence-electron chi connectivity index (χ0n) is 29.6. The summed E-state index contributed by atoms with van der Waals surface area (Å²) in [6, 6.07) is 20.5. The van der Waals surface area contributed by atoms with Gasteiger partial charge >= 0.3 is 24.7 Å². The third kappa shape index (κ3) is 9.70. The summed E-state index contributed by atoms with van der Waals surface area (Å²) in [6.07, 6.45) is -9.70. The molecule has 0 amide bonds. The predicted octanol–water partition coefficient (Wildman–Crippen LogP) is 12.3. The highest BCUT2D eigenvalue weighted by Gasteiger charge is 2.32. The molecular weight excluding hydrogens is 771 g/mol. The molecule has 288 valence electrons. The van der Waals surface area contributed by atoms with Crippen LogP contribution in [0.4, 0.5) is 26.3 Å². The van der Waals surface area contributed by atoms with Crippen molar-refractivity contribution in [2.75, 3.05) is 0 Å². The molecule has 0 bridgehead atoms. The maximum atomic E-state index is 13.8. The first-order valence-electron chi connectivity index (χ1n) is 16.8. The van der Waals surface area contributed by atoms with Crippen LogP contribution in [-0.4, -0.2) is 24.7 Å². The summed E-state index contributed by atoms with van der Waals surface area (Å²) >= 11 is 2.79. The molecular formula is C40H32F6O7S2. The number of ether oxygens (including phenoxy) is 5. The third-order valence-corrected chi connectivity index (χ3v) is 11.1. The van der Waals surface area contributed by atoms with Crippen molar-refractivity contribution < 1.29 is 59.6 Å². The lowest BCUT2D eigenvalue weighted by molar-refractivity contribution is -0.275. The van der Waals surface area contributed by atoms with E-state index in [0.29, 0.717) is 20.5 Å². The van der Waals surface area contributed by atoms with Gasteiger partial charge in [-0.3, -0.25) is 0 Å². The van der Waals surface area contributed by atoms with Crippen molar-refractivity contribution in [1.29, 1.82) is 0 Å². The van der Waals surface area contributed by atoms with Gasteiger partial charge in [0.25, 0.3) is 0 Å². The van der Waals surface area contributed by atoms with E-state index in [2.05, 4.69) is 9.47 Å². The summed E-state index contributed by atoms with van der Waals surface area (Å²) in [5.74, 6) is -2.28. The van der Waals surface area contributed by atoms with Gasteiger partial charge in [-0.1, -0.05) is 64.1 Å². The smallest absolute Gasteiger partial charge is 0.486 e. The van der Waals surface area contributed by atoms with Gasteiger partial charge in [-0.15, -0.1) is 49.0 Å². The quantitative estimate of drug-likeness (QED) is 0.0692. The zero-order valence-corrected chi connectivity index (χ0v) is 31.2. The molecule has 15 heteroatoms. The number of hydrogen-bond acceptors (Lipinski definition) is 9. The standard InChI is InChI=1S/C40H32F6O7S2/c1-21(2)31-17-25-9-15-29(33(35(25)54-31)49-19-23-5-11-27(12-6-23)52-39(41,42)43)37(47)51-38(48)30-16-10-26-18-32(22(3)4)55-36(26)34(30)50-20-24-7-13-28(14-8-24)53-40(44,45)46/h5-18,21-22H,19-20H2,1-4H3. The molecule has 6 rings (SSSR count). The molecule has 6 aromatic rings. The molecule has 2 heterocycles. The van der Waals surface area contributed by atoms with E-state index < -0.39 is 36.2 Å². The predicted molar refractivity (Wildman–Crippen MR) is 196 cm³/mol. The summed E-state index contributed by atoms with van der Waals surface area (Å²) in [5, 5.41) is 1.55. The summed E-state index contributed by atoms with van der Waals surface area (Å²) in [5.41, 5.74) is 0.852. The number of fused-ring (bicyclic) bond motifs is 2. The Kier molecular flexibility index (Phi) is 11.3. The van der Waals surface area contributed by atoms with E-state index in [0.717, 1.165) is 44.8 Å². The van der Waals surface area contributed by atoms with Crippen LogP contribution in [0.3, 0.4) is 0 Å². The number of halogens is 6. The molecule has 4 aromatic carbocycles. The van der Waals surface area contributed by atoms with E-state index in [1.165, 1.54) is 59.1 Å². The number of carbonyl (C=O) groups is 2. The Balaban J connectivity index is 1.29. The minimum Gasteiger partial charge on any atom is -0.486 e. The van der Waals surface area contributed by atoms with Crippen LogP contribution < -0.4 is 18.9 Å². The molecule has 0 unspecified atom stereocenters. The first kappa shape index (κ1) is 39.4. The van der Waals surface area contributed by atoms with Gasteiger partial charge in [0.15, 0.2) is 11.5 Å². The van der Waals surface area contributed by atoms with Crippen LogP contribution in [-0.2, 0) is 18.0 Å². The Morgan fingerprint density at radius 1 is 0.564 bits per heavy atom. The summed E-state index contributed by atoms with van der Waals surface area (Å²) in [6.45, 7) is 7.77. The molecule has 0 spiro atoms. The highest BCUT2D eigenvalue weighted by molar-refractivity contribution is 7.20. The number of benzene rings is 4. The lowest BCUT2D eigenvalue weighted by Gasteiger charge is -2.15. The lowest BCUT2D eigenvalue weighted by Crippen LogP contribution is -2.17. The van der Waals surface area contributed by atoms with Crippen molar-refractivity contribution in [3.05, 3.63) is 117 Å². The minimum atomic E-state index is -4.85. The maximum absolute atomic E-state index is 13.8. The van der Waals surface area contributed by atoms with Crippen molar-refractivity contribution in [2.24, 2.45) is 0 Å². The van der Waals surface area contributed by atoms with Gasteiger partial charge in [0, 0.05) is 9.75 Å². The monoisotopic (exact) mass is 802 g/mol.